The van der Waals surface area contributed by atoms with Crippen molar-refractivity contribution < 1.29 is 4.79 Å². The Balaban J connectivity index is 1.57. The molecule has 2 aliphatic heterocycles. The lowest BCUT2D eigenvalue weighted by Crippen LogP contribution is -2.41. The van der Waals surface area contributed by atoms with Crippen molar-refractivity contribution in [3.05, 3.63) is 28.7 Å². The predicted molar refractivity (Wildman–Crippen MR) is 83.9 cm³/mol. The molecule has 0 saturated carbocycles. The zero-order valence-electron chi connectivity index (χ0n) is 11.4. The summed E-state index contributed by atoms with van der Waals surface area (Å²) >= 11 is 3.59. The van der Waals surface area contributed by atoms with Crippen LogP contribution in [0.4, 0.5) is 5.69 Å². The van der Waals surface area contributed by atoms with Gasteiger partial charge in [-0.05, 0) is 47.4 Å². The normalized spacial score (nSPS) is 25.9. The zero-order valence-corrected chi connectivity index (χ0v) is 13.0. The molecule has 0 aliphatic carbocycles. The number of nitrogens with one attached hydrogen (secondary N) is 2. The second kappa shape index (κ2) is 6.14. The molecule has 3 rings (SSSR count). The van der Waals surface area contributed by atoms with E-state index in [9.17, 15) is 4.79 Å². The Morgan fingerprint density at radius 1 is 1.35 bits per heavy atom. The SMILES string of the molecule is O=C(NC1CCN(c2ccccc2Br)C1)C1CCNC1. The van der Waals surface area contributed by atoms with Gasteiger partial charge >= 0.3 is 0 Å². The monoisotopic (exact) mass is 337 g/mol. The molecule has 0 aromatic heterocycles. The van der Waals surface area contributed by atoms with E-state index in [0.717, 1.165) is 43.5 Å². The Hall–Kier alpha value is -1.07. The summed E-state index contributed by atoms with van der Waals surface area (Å²) in [5, 5.41) is 6.45. The van der Waals surface area contributed by atoms with Gasteiger partial charge in [-0.15, -0.1) is 0 Å². The molecule has 2 aliphatic rings. The molecule has 1 amide bonds. The van der Waals surface area contributed by atoms with Crippen LogP contribution in [0.1, 0.15) is 12.8 Å². The summed E-state index contributed by atoms with van der Waals surface area (Å²) in [6, 6.07) is 8.53. The fourth-order valence-corrected chi connectivity index (χ4v) is 3.54. The minimum Gasteiger partial charge on any atom is -0.368 e. The molecule has 4 nitrogen and oxygen atoms in total. The largest absolute Gasteiger partial charge is 0.368 e. The van der Waals surface area contributed by atoms with Gasteiger partial charge in [0.25, 0.3) is 0 Å². The van der Waals surface area contributed by atoms with Crippen molar-refractivity contribution in [1.82, 2.24) is 10.6 Å². The van der Waals surface area contributed by atoms with Crippen LogP contribution in [-0.4, -0.2) is 38.1 Å². The highest BCUT2D eigenvalue weighted by molar-refractivity contribution is 9.10. The number of carbonyl (C=O) groups is 1. The molecule has 2 heterocycles. The number of hydrogen-bond acceptors (Lipinski definition) is 3. The molecular weight excluding hydrogens is 318 g/mol. The van der Waals surface area contributed by atoms with E-state index in [1.807, 2.05) is 6.07 Å². The summed E-state index contributed by atoms with van der Waals surface area (Å²) in [6.07, 6.45) is 1.99. The van der Waals surface area contributed by atoms with Crippen LogP contribution in [-0.2, 0) is 4.79 Å². The number of carbonyl (C=O) groups excluding carboxylic acids is 1. The molecular formula is C15H20BrN3O. The second-order valence-electron chi connectivity index (χ2n) is 5.58. The lowest BCUT2D eigenvalue weighted by molar-refractivity contribution is -0.125. The standard InChI is InChI=1S/C15H20BrN3O/c16-13-3-1-2-4-14(13)19-8-6-12(10-19)18-15(20)11-5-7-17-9-11/h1-4,11-12,17H,5-10H2,(H,18,20). The number of nitrogens with zero attached hydrogens (tertiary/aromatic N) is 1. The molecule has 2 saturated heterocycles. The number of rotatable bonds is 3. The van der Waals surface area contributed by atoms with Crippen molar-refractivity contribution in [2.75, 3.05) is 31.1 Å². The van der Waals surface area contributed by atoms with Gasteiger partial charge in [0.05, 0.1) is 11.6 Å². The van der Waals surface area contributed by atoms with Crippen LogP contribution in [0.15, 0.2) is 28.7 Å². The summed E-state index contributed by atoms with van der Waals surface area (Å²) < 4.78 is 1.12. The summed E-state index contributed by atoms with van der Waals surface area (Å²) in [5.41, 5.74) is 1.21. The third-order valence-electron chi connectivity index (χ3n) is 4.16. The van der Waals surface area contributed by atoms with Gasteiger partial charge in [0.2, 0.25) is 5.91 Å². The summed E-state index contributed by atoms with van der Waals surface area (Å²) in [6.45, 7) is 3.68. The van der Waals surface area contributed by atoms with Gasteiger partial charge in [0.1, 0.15) is 0 Å². The quantitative estimate of drug-likeness (QED) is 0.883. The topological polar surface area (TPSA) is 44.4 Å². The van der Waals surface area contributed by atoms with Crippen LogP contribution in [0.5, 0.6) is 0 Å². The average Bonchev–Trinajstić information content (AvgIpc) is 3.10. The van der Waals surface area contributed by atoms with Gasteiger partial charge in [0, 0.05) is 30.1 Å². The fourth-order valence-electron chi connectivity index (χ4n) is 3.00. The van der Waals surface area contributed by atoms with E-state index in [4.69, 9.17) is 0 Å². The van der Waals surface area contributed by atoms with E-state index in [1.165, 1.54) is 5.69 Å². The van der Waals surface area contributed by atoms with Crippen molar-refractivity contribution in [2.45, 2.75) is 18.9 Å². The Labute approximate surface area is 128 Å². The van der Waals surface area contributed by atoms with Crippen molar-refractivity contribution >= 4 is 27.5 Å². The third kappa shape index (κ3) is 2.99. The van der Waals surface area contributed by atoms with E-state index >= 15 is 0 Å². The molecule has 2 N–H and O–H groups in total. The molecule has 2 unspecified atom stereocenters. The first-order valence-corrected chi connectivity index (χ1v) is 8.04. The zero-order chi connectivity index (χ0) is 13.9. The Morgan fingerprint density at radius 2 is 2.20 bits per heavy atom. The smallest absolute Gasteiger partial charge is 0.224 e. The Bertz CT molecular complexity index is 488. The fraction of sp³-hybridized carbons (Fsp3) is 0.533. The van der Waals surface area contributed by atoms with Gasteiger partial charge in [-0.25, -0.2) is 0 Å². The first-order valence-electron chi connectivity index (χ1n) is 7.24. The lowest BCUT2D eigenvalue weighted by Gasteiger charge is -2.21. The summed E-state index contributed by atoms with van der Waals surface area (Å²) in [4.78, 5) is 14.5. The van der Waals surface area contributed by atoms with E-state index in [1.54, 1.807) is 0 Å². The second-order valence-corrected chi connectivity index (χ2v) is 6.44. The van der Waals surface area contributed by atoms with E-state index in [-0.39, 0.29) is 17.9 Å². The average molecular weight is 338 g/mol. The van der Waals surface area contributed by atoms with Gasteiger partial charge in [-0.1, -0.05) is 12.1 Å². The number of amides is 1. The lowest BCUT2D eigenvalue weighted by atomic mass is 10.1. The van der Waals surface area contributed by atoms with Crippen LogP contribution in [0, 0.1) is 5.92 Å². The van der Waals surface area contributed by atoms with E-state index in [0.29, 0.717) is 0 Å². The molecule has 0 bridgehead atoms. The molecule has 20 heavy (non-hydrogen) atoms. The first-order chi connectivity index (χ1) is 9.74. The minimum atomic E-state index is 0.160. The number of anilines is 1. The minimum absolute atomic E-state index is 0.160. The van der Waals surface area contributed by atoms with Gasteiger partial charge in [0.15, 0.2) is 0 Å². The van der Waals surface area contributed by atoms with Crippen LogP contribution in [0.3, 0.4) is 0 Å². The number of benzene rings is 1. The Kier molecular flexibility index (Phi) is 4.27. The molecule has 5 heteroatoms. The maximum Gasteiger partial charge on any atom is 0.224 e. The molecule has 1 aromatic carbocycles. The van der Waals surface area contributed by atoms with Gasteiger partial charge in [-0.2, -0.15) is 0 Å². The molecule has 0 spiro atoms. The summed E-state index contributed by atoms with van der Waals surface area (Å²) in [5.74, 6) is 0.376. The highest BCUT2D eigenvalue weighted by Gasteiger charge is 2.28. The van der Waals surface area contributed by atoms with Crippen molar-refractivity contribution in [3.8, 4) is 0 Å². The van der Waals surface area contributed by atoms with E-state index < -0.39 is 0 Å². The van der Waals surface area contributed by atoms with Crippen LogP contribution < -0.4 is 15.5 Å². The maximum absolute atomic E-state index is 12.1. The van der Waals surface area contributed by atoms with Crippen molar-refractivity contribution in [2.24, 2.45) is 5.92 Å². The highest BCUT2D eigenvalue weighted by Crippen LogP contribution is 2.28. The molecule has 0 radical (unpaired) electrons. The Morgan fingerprint density at radius 3 is 2.95 bits per heavy atom. The van der Waals surface area contributed by atoms with Crippen LogP contribution in [0.2, 0.25) is 0 Å². The van der Waals surface area contributed by atoms with Gasteiger partial charge < -0.3 is 15.5 Å². The van der Waals surface area contributed by atoms with Crippen LogP contribution in [0.25, 0.3) is 0 Å². The van der Waals surface area contributed by atoms with Gasteiger partial charge in [-0.3, -0.25) is 4.79 Å². The molecule has 108 valence electrons. The predicted octanol–water partition coefficient (Wildman–Crippen LogP) is 1.75. The molecule has 2 fully saturated rings. The number of hydrogen-bond donors (Lipinski definition) is 2. The van der Waals surface area contributed by atoms with E-state index in [2.05, 4.69) is 49.7 Å². The van der Waals surface area contributed by atoms with Crippen molar-refractivity contribution in [1.29, 1.82) is 0 Å². The number of halogens is 1. The highest BCUT2D eigenvalue weighted by atomic mass is 79.9. The van der Waals surface area contributed by atoms with Crippen molar-refractivity contribution in [3.63, 3.8) is 0 Å². The summed E-state index contributed by atoms with van der Waals surface area (Å²) in [7, 11) is 0. The third-order valence-corrected chi connectivity index (χ3v) is 4.83. The molecule has 1 aromatic rings. The maximum atomic E-state index is 12.1. The number of para-hydroxylation sites is 1. The molecule has 2 atom stereocenters. The first kappa shape index (κ1) is 13.9. The van der Waals surface area contributed by atoms with Crippen LogP contribution >= 0.6 is 15.9 Å².